The van der Waals surface area contributed by atoms with E-state index in [2.05, 4.69) is 5.10 Å². The first-order valence-electron chi connectivity index (χ1n) is 4.69. The Morgan fingerprint density at radius 1 is 1.20 bits per heavy atom. The van der Waals surface area contributed by atoms with E-state index in [4.69, 9.17) is 0 Å². The van der Waals surface area contributed by atoms with Gasteiger partial charge in [0.2, 0.25) is 0 Å². The summed E-state index contributed by atoms with van der Waals surface area (Å²) in [6.45, 7) is 2.84. The van der Waals surface area contributed by atoms with Crippen LogP contribution in [0, 0.1) is 6.92 Å². The Balaban J connectivity index is 1.94. The number of carbonyl (C=O) groups excluding carboxylic acids is 2. The minimum Gasteiger partial charge on any atom is -0.274 e. The summed E-state index contributed by atoms with van der Waals surface area (Å²) in [7, 11) is 0. The highest BCUT2D eigenvalue weighted by Crippen LogP contribution is 2.03. The first-order chi connectivity index (χ1) is 7.16. The molecular weight excluding hydrogens is 194 g/mol. The third-order valence-electron chi connectivity index (χ3n) is 2.22. The first kappa shape index (κ1) is 9.64. The molecule has 0 fully saturated rings. The summed E-state index contributed by atoms with van der Waals surface area (Å²) >= 11 is 0. The summed E-state index contributed by atoms with van der Waals surface area (Å²) in [5.41, 5.74) is 1.06. The molecule has 1 aromatic rings. The van der Waals surface area contributed by atoms with Crippen molar-refractivity contribution in [3.8, 4) is 0 Å². The van der Waals surface area contributed by atoms with Crippen LogP contribution in [-0.2, 0) is 16.1 Å². The standard InChI is InChI=1S/C10H11N3O2/c1-8-6-11-12(7-8)4-5-13-9(14)2-3-10(13)15/h2-3,6-7H,4-5H2,1H3. The third kappa shape index (κ3) is 1.96. The van der Waals surface area contributed by atoms with E-state index in [1.54, 1.807) is 10.9 Å². The Morgan fingerprint density at radius 3 is 2.40 bits per heavy atom. The molecule has 0 saturated carbocycles. The number of amides is 2. The Kier molecular flexibility index (Phi) is 2.37. The van der Waals surface area contributed by atoms with Gasteiger partial charge in [-0.05, 0) is 12.5 Å². The molecule has 2 heterocycles. The van der Waals surface area contributed by atoms with E-state index in [1.807, 2.05) is 13.1 Å². The second-order valence-corrected chi connectivity index (χ2v) is 3.44. The van der Waals surface area contributed by atoms with E-state index in [0.29, 0.717) is 13.1 Å². The summed E-state index contributed by atoms with van der Waals surface area (Å²) in [6.07, 6.45) is 6.19. The van der Waals surface area contributed by atoms with Gasteiger partial charge in [-0.1, -0.05) is 0 Å². The zero-order valence-electron chi connectivity index (χ0n) is 8.38. The Morgan fingerprint density at radius 2 is 1.87 bits per heavy atom. The quantitative estimate of drug-likeness (QED) is 0.658. The average molecular weight is 205 g/mol. The highest BCUT2D eigenvalue weighted by Gasteiger charge is 2.22. The summed E-state index contributed by atoms with van der Waals surface area (Å²) in [4.78, 5) is 23.6. The minimum absolute atomic E-state index is 0.246. The van der Waals surface area contributed by atoms with Gasteiger partial charge in [-0.15, -0.1) is 0 Å². The summed E-state index contributed by atoms with van der Waals surface area (Å²) in [6, 6.07) is 0. The monoisotopic (exact) mass is 205 g/mol. The van der Waals surface area contributed by atoms with Crippen LogP contribution >= 0.6 is 0 Å². The van der Waals surface area contributed by atoms with E-state index in [-0.39, 0.29) is 11.8 Å². The van der Waals surface area contributed by atoms with Crippen LogP contribution in [0.5, 0.6) is 0 Å². The van der Waals surface area contributed by atoms with Gasteiger partial charge in [0.1, 0.15) is 0 Å². The molecule has 0 aliphatic carbocycles. The van der Waals surface area contributed by atoms with Gasteiger partial charge in [-0.3, -0.25) is 19.2 Å². The molecule has 0 spiro atoms. The van der Waals surface area contributed by atoms with Crippen molar-refractivity contribution in [2.24, 2.45) is 0 Å². The maximum atomic E-state index is 11.2. The van der Waals surface area contributed by atoms with E-state index in [0.717, 1.165) is 5.56 Å². The predicted molar refractivity (Wildman–Crippen MR) is 52.8 cm³/mol. The fourth-order valence-electron chi connectivity index (χ4n) is 1.44. The van der Waals surface area contributed by atoms with Gasteiger partial charge in [0.15, 0.2) is 0 Å². The van der Waals surface area contributed by atoms with Gasteiger partial charge < -0.3 is 0 Å². The van der Waals surface area contributed by atoms with Crippen LogP contribution < -0.4 is 0 Å². The van der Waals surface area contributed by atoms with Gasteiger partial charge in [0, 0.05) is 24.9 Å². The van der Waals surface area contributed by atoms with Crippen molar-refractivity contribution in [1.82, 2.24) is 14.7 Å². The molecule has 1 aliphatic heterocycles. The molecule has 0 N–H and O–H groups in total. The van der Waals surface area contributed by atoms with Crippen LogP contribution in [0.2, 0.25) is 0 Å². The topological polar surface area (TPSA) is 55.2 Å². The van der Waals surface area contributed by atoms with Gasteiger partial charge >= 0.3 is 0 Å². The lowest BCUT2D eigenvalue weighted by Crippen LogP contribution is -2.33. The molecule has 0 aromatic carbocycles. The minimum atomic E-state index is -0.246. The molecule has 5 nitrogen and oxygen atoms in total. The number of aromatic nitrogens is 2. The van der Waals surface area contributed by atoms with Crippen LogP contribution in [0.15, 0.2) is 24.5 Å². The van der Waals surface area contributed by atoms with E-state index < -0.39 is 0 Å². The van der Waals surface area contributed by atoms with Gasteiger partial charge in [-0.25, -0.2) is 0 Å². The van der Waals surface area contributed by atoms with Crippen molar-refractivity contribution in [2.45, 2.75) is 13.5 Å². The molecule has 78 valence electrons. The zero-order chi connectivity index (χ0) is 10.8. The number of carbonyl (C=O) groups is 2. The normalized spacial score (nSPS) is 15.4. The molecular formula is C10H11N3O2. The van der Waals surface area contributed by atoms with Crippen LogP contribution in [0.3, 0.4) is 0 Å². The van der Waals surface area contributed by atoms with E-state index in [9.17, 15) is 9.59 Å². The Bertz CT molecular complexity index is 416. The maximum absolute atomic E-state index is 11.2. The third-order valence-corrected chi connectivity index (χ3v) is 2.22. The Labute approximate surface area is 87.0 Å². The largest absolute Gasteiger partial charge is 0.274 e. The predicted octanol–water partition coefficient (Wildman–Crippen LogP) is 0.117. The second-order valence-electron chi connectivity index (χ2n) is 3.44. The lowest BCUT2D eigenvalue weighted by molar-refractivity contribution is -0.136. The molecule has 1 aromatic heterocycles. The number of imide groups is 1. The number of rotatable bonds is 3. The molecule has 0 saturated heterocycles. The number of hydrogen-bond acceptors (Lipinski definition) is 3. The molecule has 1 aliphatic rings. The summed E-state index contributed by atoms with van der Waals surface area (Å²) in [5.74, 6) is -0.493. The van der Waals surface area contributed by atoms with Crippen LogP contribution in [0.4, 0.5) is 0 Å². The van der Waals surface area contributed by atoms with Crippen LogP contribution in [0.1, 0.15) is 5.56 Å². The van der Waals surface area contributed by atoms with Crippen molar-refractivity contribution >= 4 is 11.8 Å². The fourth-order valence-corrected chi connectivity index (χ4v) is 1.44. The molecule has 0 radical (unpaired) electrons. The smallest absolute Gasteiger partial charge is 0.253 e. The van der Waals surface area contributed by atoms with Crippen molar-refractivity contribution in [2.75, 3.05) is 6.54 Å². The second kappa shape index (κ2) is 3.68. The van der Waals surface area contributed by atoms with Gasteiger partial charge in [-0.2, -0.15) is 5.10 Å². The van der Waals surface area contributed by atoms with Gasteiger partial charge in [0.25, 0.3) is 11.8 Å². The lowest BCUT2D eigenvalue weighted by Gasteiger charge is -2.13. The summed E-state index contributed by atoms with van der Waals surface area (Å²) in [5, 5.41) is 4.07. The number of hydrogen-bond donors (Lipinski definition) is 0. The molecule has 0 bridgehead atoms. The lowest BCUT2D eigenvalue weighted by atomic mass is 10.4. The van der Waals surface area contributed by atoms with Crippen LogP contribution in [0.25, 0.3) is 0 Å². The Hall–Kier alpha value is -1.91. The van der Waals surface area contributed by atoms with Crippen molar-refractivity contribution in [3.05, 3.63) is 30.1 Å². The molecule has 5 heteroatoms. The maximum Gasteiger partial charge on any atom is 0.253 e. The van der Waals surface area contributed by atoms with Crippen molar-refractivity contribution in [1.29, 1.82) is 0 Å². The SMILES string of the molecule is Cc1cnn(CCN2C(=O)C=CC2=O)c1. The fraction of sp³-hybridized carbons (Fsp3) is 0.300. The van der Waals surface area contributed by atoms with Crippen molar-refractivity contribution < 1.29 is 9.59 Å². The molecule has 15 heavy (non-hydrogen) atoms. The van der Waals surface area contributed by atoms with Crippen molar-refractivity contribution in [3.63, 3.8) is 0 Å². The molecule has 0 atom stereocenters. The number of nitrogens with zero attached hydrogens (tertiary/aromatic N) is 3. The highest BCUT2D eigenvalue weighted by atomic mass is 16.2. The number of aryl methyl sites for hydroxylation is 1. The molecule has 2 amide bonds. The van der Waals surface area contributed by atoms with E-state index in [1.165, 1.54) is 17.1 Å². The van der Waals surface area contributed by atoms with Crippen LogP contribution in [-0.4, -0.2) is 33.0 Å². The zero-order valence-corrected chi connectivity index (χ0v) is 8.38. The first-order valence-corrected chi connectivity index (χ1v) is 4.69. The molecule has 0 unspecified atom stereocenters. The highest BCUT2D eigenvalue weighted by molar-refractivity contribution is 6.12. The van der Waals surface area contributed by atoms with E-state index >= 15 is 0 Å². The summed E-state index contributed by atoms with van der Waals surface area (Å²) < 4.78 is 1.72. The molecule has 2 rings (SSSR count). The van der Waals surface area contributed by atoms with Gasteiger partial charge in [0.05, 0.1) is 12.7 Å². The average Bonchev–Trinajstić information content (AvgIpc) is 2.73.